The van der Waals surface area contributed by atoms with Gasteiger partial charge in [-0.15, -0.1) is 11.3 Å². The third kappa shape index (κ3) is 5.34. The maximum absolute atomic E-state index is 12.9. The van der Waals surface area contributed by atoms with Gasteiger partial charge in [-0.3, -0.25) is 4.79 Å². The van der Waals surface area contributed by atoms with Crippen LogP contribution in [0.25, 0.3) is 0 Å². The Kier molecular flexibility index (Phi) is 7.57. The first-order chi connectivity index (χ1) is 16.0. The molecule has 1 aliphatic rings. The number of carbonyl (C=O) groups is 2. The topological polar surface area (TPSA) is 82.5 Å². The summed E-state index contributed by atoms with van der Waals surface area (Å²) < 4.78 is 12.5. The van der Waals surface area contributed by atoms with Crippen molar-refractivity contribution in [1.82, 2.24) is 9.78 Å². The lowest BCUT2D eigenvalue weighted by Crippen LogP contribution is -2.17. The van der Waals surface area contributed by atoms with Crippen LogP contribution in [0.5, 0.6) is 5.75 Å². The molecule has 1 aliphatic carbocycles. The number of aryl methyl sites for hydroxylation is 1. The van der Waals surface area contributed by atoms with Crippen LogP contribution in [0.1, 0.15) is 57.5 Å². The number of carbonyl (C=O) groups excluding carboxylic acids is 2. The van der Waals surface area contributed by atoms with Crippen LogP contribution in [0.2, 0.25) is 10.0 Å². The molecule has 33 heavy (non-hydrogen) atoms. The molecule has 7 nitrogen and oxygen atoms in total. The molecular weight excluding hydrogens is 485 g/mol. The van der Waals surface area contributed by atoms with Gasteiger partial charge in [0, 0.05) is 11.1 Å². The van der Waals surface area contributed by atoms with Crippen molar-refractivity contribution in [3.63, 3.8) is 0 Å². The van der Waals surface area contributed by atoms with E-state index in [9.17, 15) is 9.59 Å². The molecule has 0 aliphatic heterocycles. The van der Waals surface area contributed by atoms with Crippen molar-refractivity contribution in [2.45, 2.75) is 45.8 Å². The van der Waals surface area contributed by atoms with Crippen LogP contribution in [-0.2, 0) is 24.3 Å². The summed E-state index contributed by atoms with van der Waals surface area (Å²) in [7, 11) is 0. The number of halogens is 2. The summed E-state index contributed by atoms with van der Waals surface area (Å²) in [6.07, 6.45) is 6.18. The van der Waals surface area contributed by atoms with Gasteiger partial charge < -0.3 is 14.8 Å². The average molecular weight is 508 g/mol. The zero-order chi connectivity index (χ0) is 23.4. The number of fused-ring (bicyclic) bond motifs is 1. The number of benzene rings is 1. The van der Waals surface area contributed by atoms with E-state index in [0.29, 0.717) is 33.0 Å². The van der Waals surface area contributed by atoms with Crippen molar-refractivity contribution < 1.29 is 19.1 Å². The minimum atomic E-state index is -0.405. The Morgan fingerprint density at radius 1 is 1.21 bits per heavy atom. The zero-order valence-electron chi connectivity index (χ0n) is 18.0. The van der Waals surface area contributed by atoms with E-state index in [1.807, 2.05) is 6.92 Å². The van der Waals surface area contributed by atoms with Crippen LogP contribution in [-0.4, -0.2) is 28.3 Å². The molecule has 1 N–H and O–H groups in total. The van der Waals surface area contributed by atoms with Crippen molar-refractivity contribution in [3.05, 3.63) is 62.2 Å². The number of thiophene rings is 1. The third-order valence-electron chi connectivity index (χ3n) is 5.18. The van der Waals surface area contributed by atoms with Crippen LogP contribution >= 0.6 is 34.5 Å². The Morgan fingerprint density at radius 2 is 2.03 bits per heavy atom. The van der Waals surface area contributed by atoms with Gasteiger partial charge in [0.05, 0.1) is 17.2 Å². The molecule has 1 aromatic carbocycles. The van der Waals surface area contributed by atoms with E-state index in [-0.39, 0.29) is 18.4 Å². The molecular formula is C23H23Cl2N3O4S. The van der Waals surface area contributed by atoms with Gasteiger partial charge in [-0.1, -0.05) is 36.2 Å². The van der Waals surface area contributed by atoms with E-state index >= 15 is 0 Å². The molecule has 2 heterocycles. The summed E-state index contributed by atoms with van der Waals surface area (Å²) >= 11 is 13.6. The monoisotopic (exact) mass is 507 g/mol. The lowest BCUT2D eigenvalue weighted by molar-refractivity contribution is 0.0505. The van der Waals surface area contributed by atoms with Gasteiger partial charge >= 0.3 is 5.97 Å². The van der Waals surface area contributed by atoms with Gasteiger partial charge in [0.1, 0.15) is 15.8 Å². The van der Waals surface area contributed by atoms with E-state index in [0.717, 1.165) is 42.5 Å². The first-order valence-electron chi connectivity index (χ1n) is 10.7. The van der Waals surface area contributed by atoms with Crippen LogP contribution in [0, 0.1) is 0 Å². The lowest BCUT2D eigenvalue weighted by Gasteiger charge is -2.12. The molecule has 0 saturated carbocycles. The molecule has 174 valence electrons. The molecule has 10 heteroatoms. The summed E-state index contributed by atoms with van der Waals surface area (Å²) in [6.45, 7) is 2.34. The zero-order valence-corrected chi connectivity index (χ0v) is 20.4. The highest BCUT2D eigenvalue weighted by Gasteiger charge is 2.28. The number of rotatable bonds is 8. The number of aromatic nitrogens is 2. The molecule has 1 amide bonds. The first kappa shape index (κ1) is 23.6. The summed E-state index contributed by atoms with van der Waals surface area (Å²) in [5.74, 6) is -0.369. The number of ether oxygens (including phenoxy) is 2. The van der Waals surface area contributed by atoms with Crippen LogP contribution in [0.15, 0.2) is 30.5 Å². The van der Waals surface area contributed by atoms with Crippen molar-refractivity contribution in [3.8, 4) is 5.75 Å². The summed E-state index contributed by atoms with van der Waals surface area (Å²) in [5.41, 5.74) is 1.69. The molecule has 0 unspecified atom stereocenters. The van der Waals surface area contributed by atoms with Gasteiger partial charge in [-0.25, -0.2) is 9.48 Å². The highest BCUT2D eigenvalue weighted by Crippen LogP contribution is 2.39. The van der Waals surface area contributed by atoms with Crippen LogP contribution in [0.4, 0.5) is 5.00 Å². The van der Waals surface area contributed by atoms with E-state index < -0.39 is 5.91 Å². The third-order valence-corrected chi connectivity index (χ3v) is 7.19. The van der Waals surface area contributed by atoms with Crippen molar-refractivity contribution in [1.29, 1.82) is 0 Å². The second-order valence-corrected chi connectivity index (χ2v) is 9.46. The molecule has 3 aromatic rings. The Balaban J connectivity index is 1.47. The number of hydrogen-bond acceptors (Lipinski definition) is 6. The lowest BCUT2D eigenvalue weighted by atomic mass is 9.95. The number of hydrogen-bond donors (Lipinski definition) is 1. The average Bonchev–Trinajstić information content (AvgIpc) is 3.43. The maximum atomic E-state index is 12.9. The van der Waals surface area contributed by atoms with Gasteiger partial charge in [0.15, 0.2) is 12.4 Å². The number of nitrogens with one attached hydrogen (secondary N) is 1. The second kappa shape index (κ2) is 10.6. The van der Waals surface area contributed by atoms with Crippen molar-refractivity contribution in [2.75, 3.05) is 11.9 Å². The number of anilines is 1. The van der Waals surface area contributed by atoms with E-state index in [4.69, 9.17) is 32.7 Å². The smallest absolute Gasteiger partial charge is 0.341 e. The number of esters is 1. The number of amides is 1. The fraction of sp³-hybridized carbons (Fsp3) is 0.348. The molecule has 0 atom stereocenters. The van der Waals surface area contributed by atoms with Gasteiger partial charge in [0.25, 0.3) is 5.91 Å². The fourth-order valence-electron chi connectivity index (χ4n) is 3.59. The molecule has 0 fully saturated rings. The second-order valence-electron chi connectivity index (χ2n) is 7.57. The largest absolute Gasteiger partial charge is 0.470 e. The van der Waals surface area contributed by atoms with E-state index in [1.54, 1.807) is 30.5 Å². The van der Waals surface area contributed by atoms with Gasteiger partial charge in [0.2, 0.25) is 0 Å². The molecule has 2 aromatic heterocycles. The van der Waals surface area contributed by atoms with E-state index in [1.165, 1.54) is 16.0 Å². The highest BCUT2D eigenvalue weighted by atomic mass is 35.5. The predicted octanol–water partition coefficient (Wildman–Crippen LogP) is 5.99. The standard InChI is InChI=1S/C23H23Cl2N3O4S/c1-2-12-31-23(30)19-14-6-3-4-9-18(14)33-22(19)26-21(29)16-10-11-28(27-16)13-32-17-8-5-7-15(24)20(17)25/h5,7-8,10-11H,2-4,6,9,12-13H2,1H3,(H,26,29). The Labute approximate surface area is 205 Å². The molecule has 0 radical (unpaired) electrons. The summed E-state index contributed by atoms with van der Waals surface area (Å²) in [6, 6.07) is 6.68. The Morgan fingerprint density at radius 3 is 2.85 bits per heavy atom. The quantitative estimate of drug-likeness (QED) is 0.378. The van der Waals surface area contributed by atoms with E-state index in [2.05, 4.69) is 10.4 Å². The first-order valence-corrected chi connectivity index (χ1v) is 12.3. The van der Waals surface area contributed by atoms with Gasteiger partial charge in [-0.2, -0.15) is 5.10 Å². The molecule has 4 rings (SSSR count). The minimum Gasteiger partial charge on any atom is -0.470 e. The fourth-order valence-corrected chi connectivity index (χ4v) is 5.21. The van der Waals surface area contributed by atoms with Crippen molar-refractivity contribution in [2.24, 2.45) is 0 Å². The minimum absolute atomic E-state index is 0.0508. The van der Waals surface area contributed by atoms with Crippen molar-refractivity contribution >= 4 is 51.4 Å². The predicted molar refractivity (Wildman–Crippen MR) is 129 cm³/mol. The highest BCUT2D eigenvalue weighted by molar-refractivity contribution is 7.17. The molecule has 0 spiro atoms. The SMILES string of the molecule is CCCOC(=O)c1c(NC(=O)c2ccn(COc3cccc(Cl)c3Cl)n2)sc2c1CCCC2. The maximum Gasteiger partial charge on any atom is 0.341 e. The van der Waals surface area contributed by atoms with Crippen LogP contribution in [0.3, 0.4) is 0 Å². The normalized spacial score (nSPS) is 12.8. The molecule has 0 saturated heterocycles. The Bertz CT molecular complexity index is 1170. The Hall–Kier alpha value is -2.55. The van der Waals surface area contributed by atoms with Gasteiger partial charge in [-0.05, 0) is 55.9 Å². The molecule has 0 bridgehead atoms. The van der Waals surface area contributed by atoms with Crippen LogP contribution < -0.4 is 10.1 Å². The summed E-state index contributed by atoms with van der Waals surface area (Å²) in [5, 5.41) is 8.36. The number of nitrogens with zero attached hydrogens (tertiary/aromatic N) is 2. The summed E-state index contributed by atoms with van der Waals surface area (Å²) in [4.78, 5) is 26.8.